The van der Waals surface area contributed by atoms with E-state index in [1.54, 1.807) is 12.1 Å². The lowest BCUT2D eigenvalue weighted by Crippen LogP contribution is -2.41. The number of rotatable bonds is 4. The number of nitrogens with one attached hydrogen (secondary N) is 1. The van der Waals surface area contributed by atoms with Crippen LogP contribution in [-0.2, 0) is 0 Å². The van der Waals surface area contributed by atoms with Gasteiger partial charge in [-0.25, -0.2) is 4.39 Å². The molecule has 1 rings (SSSR count). The molecule has 0 aliphatic rings. The lowest BCUT2D eigenvalue weighted by Gasteiger charge is -2.24. The minimum atomic E-state index is -0.337. The molecule has 1 unspecified atom stereocenters. The highest BCUT2D eigenvalue weighted by atomic mass is 79.9. The Morgan fingerprint density at radius 2 is 2.06 bits per heavy atom. The summed E-state index contributed by atoms with van der Waals surface area (Å²) in [6, 6.07) is 4.69. The molecule has 0 aromatic heterocycles. The van der Waals surface area contributed by atoms with Gasteiger partial charge in [0.05, 0.1) is 0 Å². The molecule has 1 N–H and O–H groups in total. The average molecular weight is 304 g/mol. The first kappa shape index (κ1) is 14.5. The first-order valence-corrected chi connectivity index (χ1v) is 6.44. The zero-order valence-corrected chi connectivity index (χ0v) is 12.3. The molecule has 1 aromatic rings. The lowest BCUT2D eigenvalue weighted by molar-refractivity contribution is 0.195. The fourth-order valence-corrected chi connectivity index (χ4v) is 1.62. The second-order valence-corrected chi connectivity index (χ2v) is 6.05. The topological polar surface area (TPSA) is 21.3 Å². The monoisotopic (exact) mass is 303 g/mol. The van der Waals surface area contributed by atoms with E-state index in [4.69, 9.17) is 4.74 Å². The molecule has 96 valence electrons. The van der Waals surface area contributed by atoms with Gasteiger partial charge in [0.15, 0.2) is 11.6 Å². The molecule has 0 saturated carbocycles. The summed E-state index contributed by atoms with van der Waals surface area (Å²) >= 11 is 3.29. The Balaban J connectivity index is 2.56. The minimum absolute atomic E-state index is 0.0352. The number of hydrogen-bond donors (Lipinski definition) is 1. The Hall–Kier alpha value is -0.610. The van der Waals surface area contributed by atoms with E-state index < -0.39 is 0 Å². The molecule has 0 aliphatic heterocycles. The van der Waals surface area contributed by atoms with Crippen LogP contribution in [0, 0.1) is 5.82 Å². The van der Waals surface area contributed by atoms with Crippen molar-refractivity contribution in [2.24, 2.45) is 0 Å². The number of hydrogen-bond acceptors (Lipinski definition) is 2. The van der Waals surface area contributed by atoms with Crippen LogP contribution in [0.5, 0.6) is 5.75 Å². The maximum Gasteiger partial charge on any atom is 0.165 e. The van der Waals surface area contributed by atoms with E-state index in [0.29, 0.717) is 6.54 Å². The molecule has 2 nitrogen and oxygen atoms in total. The highest BCUT2D eigenvalue weighted by Crippen LogP contribution is 2.23. The van der Waals surface area contributed by atoms with Crippen molar-refractivity contribution < 1.29 is 9.13 Å². The van der Waals surface area contributed by atoms with Gasteiger partial charge < -0.3 is 10.1 Å². The number of ether oxygens (including phenoxy) is 1. The van der Waals surface area contributed by atoms with Gasteiger partial charge in [-0.3, -0.25) is 0 Å². The van der Waals surface area contributed by atoms with Gasteiger partial charge in [0.2, 0.25) is 0 Å². The van der Waals surface area contributed by atoms with Crippen molar-refractivity contribution in [2.75, 3.05) is 6.54 Å². The summed E-state index contributed by atoms with van der Waals surface area (Å²) in [6.45, 7) is 8.84. The van der Waals surface area contributed by atoms with Crippen LogP contribution < -0.4 is 10.1 Å². The molecule has 0 aliphatic carbocycles. The highest BCUT2D eigenvalue weighted by Gasteiger charge is 2.13. The van der Waals surface area contributed by atoms with E-state index in [-0.39, 0.29) is 23.2 Å². The van der Waals surface area contributed by atoms with E-state index >= 15 is 0 Å². The van der Waals surface area contributed by atoms with Crippen molar-refractivity contribution in [2.45, 2.75) is 39.3 Å². The molecule has 0 amide bonds. The predicted molar refractivity (Wildman–Crippen MR) is 71.9 cm³/mol. The number of halogens is 2. The molecule has 0 radical (unpaired) electrons. The summed E-state index contributed by atoms with van der Waals surface area (Å²) in [7, 11) is 0. The Bertz CT molecular complexity index is 376. The van der Waals surface area contributed by atoms with Gasteiger partial charge in [-0.05, 0) is 45.9 Å². The fourth-order valence-electron chi connectivity index (χ4n) is 1.28. The molecule has 0 spiro atoms. The summed E-state index contributed by atoms with van der Waals surface area (Å²) in [5.41, 5.74) is 0.0352. The van der Waals surface area contributed by atoms with Crippen LogP contribution in [0.1, 0.15) is 27.7 Å². The van der Waals surface area contributed by atoms with Crippen LogP contribution in [0.2, 0.25) is 0 Å². The van der Waals surface area contributed by atoms with Crippen LogP contribution in [-0.4, -0.2) is 18.2 Å². The van der Waals surface area contributed by atoms with Crippen molar-refractivity contribution in [3.05, 3.63) is 28.5 Å². The highest BCUT2D eigenvalue weighted by molar-refractivity contribution is 9.10. The summed E-state index contributed by atoms with van der Waals surface area (Å²) < 4.78 is 19.8. The zero-order chi connectivity index (χ0) is 13.1. The Morgan fingerprint density at radius 3 is 2.65 bits per heavy atom. The summed E-state index contributed by atoms with van der Waals surface area (Å²) in [5.74, 6) is -0.0570. The van der Waals surface area contributed by atoms with E-state index in [1.165, 1.54) is 6.07 Å². The normalized spacial score (nSPS) is 13.5. The molecule has 17 heavy (non-hydrogen) atoms. The Labute approximate surface area is 111 Å². The smallest absolute Gasteiger partial charge is 0.165 e. The lowest BCUT2D eigenvalue weighted by atomic mass is 10.1. The molecule has 1 atom stereocenters. The molecule has 1 aromatic carbocycles. The summed E-state index contributed by atoms with van der Waals surface area (Å²) in [4.78, 5) is 0. The second-order valence-electron chi connectivity index (χ2n) is 5.13. The molecular formula is C13H19BrFNO. The van der Waals surface area contributed by atoms with Crippen molar-refractivity contribution in [1.82, 2.24) is 5.32 Å². The Morgan fingerprint density at radius 1 is 1.41 bits per heavy atom. The molecule has 4 heteroatoms. The third-order valence-electron chi connectivity index (χ3n) is 2.14. The maximum atomic E-state index is 13.4. The summed E-state index contributed by atoms with van der Waals surface area (Å²) in [5, 5.41) is 3.32. The van der Waals surface area contributed by atoms with Crippen molar-refractivity contribution in [3.63, 3.8) is 0 Å². The first-order valence-electron chi connectivity index (χ1n) is 5.64. The summed E-state index contributed by atoms with van der Waals surface area (Å²) in [6.07, 6.45) is -0.0852. The van der Waals surface area contributed by atoms with Gasteiger partial charge >= 0.3 is 0 Å². The van der Waals surface area contributed by atoms with Crippen molar-refractivity contribution in [1.29, 1.82) is 0 Å². The van der Waals surface area contributed by atoms with E-state index in [9.17, 15) is 4.39 Å². The van der Waals surface area contributed by atoms with Crippen LogP contribution >= 0.6 is 15.9 Å². The van der Waals surface area contributed by atoms with Gasteiger partial charge in [0, 0.05) is 16.6 Å². The minimum Gasteiger partial charge on any atom is -0.486 e. The van der Waals surface area contributed by atoms with Gasteiger partial charge in [-0.15, -0.1) is 0 Å². The van der Waals surface area contributed by atoms with Gasteiger partial charge in [0.1, 0.15) is 6.10 Å². The third-order valence-corrected chi connectivity index (χ3v) is 2.63. The fraction of sp³-hybridized carbons (Fsp3) is 0.538. The van der Waals surface area contributed by atoms with Gasteiger partial charge in [-0.1, -0.05) is 15.9 Å². The Kier molecular flexibility index (Phi) is 4.95. The van der Waals surface area contributed by atoms with Crippen LogP contribution in [0.15, 0.2) is 22.7 Å². The first-order chi connectivity index (χ1) is 7.78. The van der Waals surface area contributed by atoms with Crippen molar-refractivity contribution >= 4 is 15.9 Å². The van der Waals surface area contributed by atoms with Gasteiger partial charge in [0.25, 0.3) is 0 Å². The third kappa shape index (κ3) is 5.50. The SMILES string of the molecule is CC(CNC(C)(C)C)Oc1cc(Br)ccc1F. The quantitative estimate of drug-likeness (QED) is 0.915. The van der Waals surface area contributed by atoms with Crippen molar-refractivity contribution in [3.8, 4) is 5.75 Å². The molecule has 0 fully saturated rings. The van der Waals surface area contributed by atoms with Gasteiger partial charge in [-0.2, -0.15) is 0 Å². The maximum absolute atomic E-state index is 13.4. The molecule has 0 saturated heterocycles. The predicted octanol–water partition coefficient (Wildman–Crippen LogP) is 3.74. The molecular weight excluding hydrogens is 285 g/mol. The van der Waals surface area contributed by atoms with E-state index in [2.05, 4.69) is 42.0 Å². The molecule has 0 heterocycles. The largest absolute Gasteiger partial charge is 0.486 e. The molecule has 0 bridgehead atoms. The average Bonchev–Trinajstić information content (AvgIpc) is 2.20. The van der Waals surface area contributed by atoms with E-state index in [0.717, 1.165) is 4.47 Å². The second kappa shape index (κ2) is 5.83. The van der Waals surface area contributed by atoms with Crippen LogP contribution in [0.25, 0.3) is 0 Å². The van der Waals surface area contributed by atoms with E-state index in [1.807, 2.05) is 6.92 Å². The van der Waals surface area contributed by atoms with Crippen LogP contribution in [0.4, 0.5) is 4.39 Å². The number of benzene rings is 1. The standard InChI is InChI=1S/C13H19BrFNO/c1-9(8-16-13(2,3)4)17-12-7-10(14)5-6-11(12)15/h5-7,9,16H,8H2,1-4H3. The van der Waals surface area contributed by atoms with Crippen LogP contribution in [0.3, 0.4) is 0 Å². The zero-order valence-electron chi connectivity index (χ0n) is 10.7.